The van der Waals surface area contributed by atoms with Crippen molar-refractivity contribution in [3.63, 3.8) is 0 Å². The number of aryl methyl sites for hydroxylation is 1. The van der Waals surface area contributed by atoms with Gasteiger partial charge in [-0.05, 0) is 42.3 Å². The first-order chi connectivity index (χ1) is 16.0. The van der Waals surface area contributed by atoms with E-state index in [1.807, 2.05) is 67.6 Å². The van der Waals surface area contributed by atoms with Gasteiger partial charge in [-0.2, -0.15) is 4.31 Å². The van der Waals surface area contributed by atoms with E-state index in [0.29, 0.717) is 49.2 Å². The first-order valence-corrected chi connectivity index (χ1v) is 12.5. The lowest BCUT2D eigenvalue weighted by Crippen LogP contribution is -2.48. The maximum atomic E-state index is 12.9. The van der Waals surface area contributed by atoms with Gasteiger partial charge in [-0.1, -0.05) is 54.1 Å². The first kappa shape index (κ1) is 23.3. The van der Waals surface area contributed by atoms with Crippen molar-refractivity contribution in [1.82, 2.24) is 9.21 Å². The average Bonchev–Trinajstić information content (AvgIpc) is 2.84. The van der Waals surface area contributed by atoms with Crippen molar-refractivity contribution in [2.24, 2.45) is 0 Å². The molecule has 1 heterocycles. The number of rotatable bonds is 8. The highest BCUT2D eigenvalue weighted by atomic mass is 32.2. The summed E-state index contributed by atoms with van der Waals surface area (Å²) < 4.78 is 39.0. The number of hydrogen-bond donors (Lipinski definition) is 0. The highest BCUT2D eigenvalue weighted by molar-refractivity contribution is 7.89. The smallest absolute Gasteiger partial charge is 0.243 e. The van der Waals surface area contributed by atoms with Crippen molar-refractivity contribution in [3.8, 4) is 11.5 Å². The van der Waals surface area contributed by atoms with Crippen LogP contribution in [0.1, 0.15) is 16.7 Å². The molecule has 0 atom stereocenters. The zero-order chi connectivity index (χ0) is 23.3. The minimum absolute atomic E-state index is 0.358. The van der Waals surface area contributed by atoms with Crippen LogP contribution in [0, 0.1) is 6.92 Å². The van der Waals surface area contributed by atoms with E-state index in [2.05, 4.69) is 4.90 Å². The third kappa shape index (κ3) is 5.74. The molecule has 1 aliphatic rings. The monoisotopic (exact) mass is 466 g/mol. The summed E-state index contributed by atoms with van der Waals surface area (Å²) in [6.45, 7) is 5.45. The van der Waals surface area contributed by atoms with Gasteiger partial charge in [0.1, 0.15) is 6.61 Å². The molecule has 0 N–H and O–H groups in total. The van der Waals surface area contributed by atoms with E-state index in [1.165, 1.54) is 0 Å². The van der Waals surface area contributed by atoms with Crippen molar-refractivity contribution in [1.29, 1.82) is 0 Å². The lowest BCUT2D eigenvalue weighted by Gasteiger charge is -2.34. The molecule has 0 radical (unpaired) electrons. The number of piperazine rings is 1. The Morgan fingerprint density at radius 1 is 0.818 bits per heavy atom. The fourth-order valence-electron chi connectivity index (χ4n) is 3.91. The normalized spacial score (nSPS) is 15.3. The highest BCUT2D eigenvalue weighted by Gasteiger charge is 2.28. The van der Waals surface area contributed by atoms with E-state index in [0.717, 1.165) is 23.2 Å². The largest absolute Gasteiger partial charge is 0.493 e. The van der Waals surface area contributed by atoms with Crippen LogP contribution < -0.4 is 9.47 Å². The molecule has 1 saturated heterocycles. The summed E-state index contributed by atoms with van der Waals surface area (Å²) in [6, 6.07) is 23.0. The number of benzene rings is 3. The van der Waals surface area contributed by atoms with Gasteiger partial charge < -0.3 is 9.47 Å². The van der Waals surface area contributed by atoms with Gasteiger partial charge in [-0.3, -0.25) is 4.90 Å². The molecule has 0 unspecified atom stereocenters. The fraction of sp³-hybridized carbons (Fsp3) is 0.308. The zero-order valence-electron chi connectivity index (χ0n) is 19.1. The minimum Gasteiger partial charge on any atom is -0.493 e. The first-order valence-electron chi connectivity index (χ1n) is 11.1. The summed E-state index contributed by atoms with van der Waals surface area (Å²) in [4.78, 5) is 2.63. The topological polar surface area (TPSA) is 59.1 Å². The third-order valence-electron chi connectivity index (χ3n) is 5.86. The lowest BCUT2D eigenvalue weighted by atomic mass is 10.1. The summed E-state index contributed by atoms with van der Waals surface area (Å²) in [6.07, 6.45) is 0. The SMILES string of the molecule is COc1ccc(CN2CCN(S(=O)(=O)c3ccc(C)cc3)CC2)cc1OCc1ccccc1. The molecule has 33 heavy (non-hydrogen) atoms. The number of methoxy groups -OCH3 is 1. The Morgan fingerprint density at radius 3 is 2.18 bits per heavy atom. The van der Waals surface area contributed by atoms with E-state index in [9.17, 15) is 8.42 Å². The summed E-state index contributed by atoms with van der Waals surface area (Å²) >= 11 is 0. The molecule has 0 spiro atoms. The maximum Gasteiger partial charge on any atom is 0.243 e. The molecule has 6 nitrogen and oxygen atoms in total. The van der Waals surface area contributed by atoms with E-state index in [1.54, 1.807) is 23.5 Å². The second-order valence-corrected chi connectivity index (χ2v) is 10.2. The van der Waals surface area contributed by atoms with Crippen molar-refractivity contribution >= 4 is 10.0 Å². The van der Waals surface area contributed by atoms with Gasteiger partial charge in [0.25, 0.3) is 0 Å². The summed E-state index contributed by atoms with van der Waals surface area (Å²) in [7, 11) is -1.82. The second kappa shape index (κ2) is 10.4. The number of ether oxygens (including phenoxy) is 2. The molecule has 174 valence electrons. The average molecular weight is 467 g/mol. The Kier molecular flexibility index (Phi) is 7.33. The molecule has 3 aromatic rings. The van der Waals surface area contributed by atoms with Gasteiger partial charge in [-0.25, -0.2) is 8.42 Å². The van der Waals surface area contributed by atoms with E-state index >= 15 is 0 Å². The fourth-order valence-corrected chi connectivity index (χ4v) is 5.34. The molecule has 4 rings (SSSR count). The standard InChI is InChI=1S/C26H30N2O4S/c1-21-8-11-24(12-9-21)33(29,30)28-16-14-27(15-17-28)19-23-10-13-25(31-2)26(18-23)32-20-22-6-4-3-5-7-22/h3-13,18H,14-17,19-20H2,1-2H3. The number of hydrogen-bond acceptors (Lipinski definition) is 5. The van der Waals surface area contributed by atoms with E-state index in [-0.39, 0.29) is 0 Å². The Bertz CT molecular complexity index is 1160. The van der Waals surface area contributed by atoms with Crippen molar-refractivity contribution in [3.05, 3.63) is 89.5 Å². The Morgan fingerprint density at radius 2 is 1.52 bits per heavy atom. The second-order valence-electron chi connectivity index (χ2n) is 8.25. The molecule has 0 amide bonds. The van der Waals surface area contributed by atoms with Gasteiger partial charge in [0.05, 0.1) is 12.0 Å². The molecular weight excluding hydrogens is 436 g/mol. The Hall–Kier alpha value is -2.87. The zero-order valence-corrected chi connectivity index (χ0v) is 19.9. The molecule has 3 aromatic carbocycles. The molecule has 1 aliphatic heterocycles. The number of sulfonamides is 1. The summed E-state index contributed by atoms with van der Waals surface area (Å²) in [5, 5.41) is 0. The summed E-state index contributed by atoms with van der Waals surface area (Å²) in [5.41, 5.74) is 3.25. The van der Waals surface area contributed by atoms with E-state index in [4.69, 9.17) is 9.47 Å². The minimum atomic E-state index is -3.45. The van der Waals surface area contributed by atoms with Gasteiger partial charge in [0, 0.05) is 32.7 Å². The van der Waals surface area contributed by atoms with Gasteiger partial charge in [-0.15, -0.1) is 0 Å². The van der Waals surface area contributed by atoms with Crippen molar-refractivity contribution in [2.75, 3.05) is 33.3 Å². The quantitative estimate of drug-likeness (QED) is 0.501. The van der Waals surface area contributed by atoms with Crippen LogP contribution in [0.25, 0.3) is 0 Å². The maximum absolute atomic E-state index is 12.9. The highest BCUT2D eigenvalue weighted by Crippen LogP contribution is 2.29. The van der Waals surface area contributed by atoms with Crippen LogP contribution in [-0.4, -0.2) is 50.9 Å². The molecule has 7 heteroatoms. The molecular formula is C26H30N2O4S. The summed E-state index contributed by atoms with van der Waals surface area (Å²) in [5.74, 6) is 1.41. The van der Waals surface area contributed by atoms with Crippen LogP contribution in [0.3, 0.4) is 0 Å². The molecule has 0 saturated carbocycles. The third-order valence-corrected chi connectivity index (χ3v) is 7.77. The predicted molar refractivity (Wildman–Crippen MR) is 129 cm³/mol. The predicted octanol–water partition coefficient (Wildman–Crippen LogP) is 4.09. The van der Waals surface area contributed by atoms with Crippen molar-refractivity contribution < 1.29 is 17.9 Å². The van der Waals surface area contributed by atoms with Gasteiger partial charge in [0.2, 0.25) is 10.0 Å². The van der Waals surface area contributed by atoms with E-state index < -0.39 is 10.0 Å². The van der Waals surface area contributed by atoms with Gasteiger partial charge >= 0.3 is 0 Å². The Labute approximate surface area is 196 Å². The molecule has 0 aliphatic carbocycles. The van der Waals surface area contributed by atoms with Crippen LogP contribution in [-0.2, 0) is 23.2 Å². The Balaban J connectivity index is 1.37. The van der Waals surface area contributed by atoms with Crippen molar-refractivity contribution in [2.45, 2.75) is 25.0 Å². The van der Waals surface area contributed by atoms with Crippen LogP contribution in [0.4, 0.5) is 0 Å². The molecule has 0 aromatic heterocycles. The molecule has 1 fully saturated rings. The van der Waals surface area contributed by atoms with Crippen LogP contribution in [0.15, 0.2) is 77.7 Å². The lowest BCUT2D eigenvalue weighted by molar-refractivity contribution is 0.181. The van der Waals surface area contributed by atoms with Crippen LogP contribution in [0.2, 0.25) is 0 Å². The van der Waals surface area contributed by atoms with Crippen LogP contribution >= 0.6 is 0 Å². The van der Waals surface area contributed by atoms with Gasteiger partial charge in [0.15, 0.2) is 11.5 Å². The number of nitrogens with zero attached hydrogens (tertiary/aromatic N) is 2. The van der Waals surface area contributed by atoms with Crippen LogP contribution in [0.5, 0.6) is 11.5 Å². The molecule has 0 bridgehead atoms.